The Labute approximate surface area is 529 Å². The van der Waals surface area contributed by atoms with Crippen LogP contribution in [-0.4, -0.2) is 370 Å². The van der Waals surface area contributed by atoms with Crippen LogP contribution >= 0.6 is 81.2 Å². The minimum atomic E-state index is -2.08. The van der Waals surface area contributed by atoms with Gasteiger partial charge in [-0.15, -0.1) is 81.2 Å². The first-order valence-corrected chi connectivity index (χ1v) is 31.5. The first-order valence-electron chi connectivity index (χ1n) is 27.7. The van der Waals surface area contributed by atoms with E-state index in [2.05, 4.69) is 0 Å². The van der Waals surface area contributed by atoms with Crippen LogP contribution in [0.5, 0.6) is 0 Å². The largest absolute Gasteiger partial charge is 0.387 e. The zero-order valence-corrected chi connectivity index (χ0v) is 50.3. The quantitative estimate of drug-likeness (QED) is 0.105. The Bertz CT molecular complexity index is 2170. The predicted molar refractivity (Wildman–Crippen MR) is 283 cm³/mol. The highest BCUT2D eigenvalue weighted by molar-refractivity contribution is 6.19. The SMILES string of the molecule is O[C@@H]1[C@@H](O)[C@H]2O[C@H]3[C@H](O)[C@@H](O)[C@@H](O[C@H]4[C@H](O)[C@@H](O)[C@@H](O[C@H]5[C@H](O)[C@@H](O)[C@@H](O[C@H]6[C@@H]7OC[C@H]6O[C@H](O[C@H]6[C@H](O)[C@@H](O)[C@@H](O[C@H]8[C@H](O)[C@@H](O)[C@@H](O[C@H]9[C@H](O)[C@@H](O)[C@@H](O[C@@H]1[C@@H](CCl)O2)O[C@@H]9CCl)O[C@@H]8CCl)O[C@@H]6CCl)[C@@H]7O)O[C@@H]5CCl)O[C@@H]4CCl)O[C@@H]3CCl. The summed E-state index contributed by atoms with van der Waals surface area (Å²) in [5, 5.41) is 172. The third-order valence-electron chi connectivity index (χ3n) is 16.9. The Balaban J connectivity index is 0.899. The molecule has 31 heterocycles. The lowest BCUT2D eigenvalue weighted by Crippen LogP contribution is -2.68. The van der Waals surface area contributed by atoms with Gasteiger partial charge in [0.15, 0.2) is 50.3 Å². The number of rotatable bonds is 7. The Hall–Kier alpha value is 0.750. The molecule has 0 saturated carbocycles. The van der Waals surface area contributed by atoms with Crippen LogP contribution in [0.4, 0.5) is 0 Å². The molecule has 0 radical (unpaired) electrons. The summed E-state index contributed by atoms with van der Waals surface area (Å²) in [6, 6.07) is 0. The number of aliphatic hydroxyl groups is 15. The highest BCUT2D eigenvalue weighted by Crippen LogP contribution is 2.42. The standard InChI is InChI=1S/C48H71Cl7O32/c49-1-9-32-17(56)24(63)41(72-9)81-33-10(2-50)74-43(26(65)19(33)58)83-35-12(4-52)76-45(28(67)21(35)60)85-37-14(6-54)78-47(30(69)23(37)62)87-39-16-8-71-40(39)31(70)48(79-16)86-38-15(7-55)77-46(29(68)22(38)61)84-36-13(5-53)75-44(27(66)20(36)59)82-34-11(3-51)73-42(80-32)25(64)18(34)57/h9-48,56-70H,1-8H2/t9-,10-,11-,12-,13-,14-,15-,16-,17-,18-,19-,20-,21-,22-,23-,24-,25-,26-,27-,28-,29-,30-,31-,32-,33-,34-,35-,36-,37-,38-,39-,40-,41-,42-,43-,44-,45-,46-,47-,48-/m1/s1. The molecule has 0 aromatic carbocycles. The summed E-state index contributed by atoms with van der Waals surface area (Å²) >= 11 is 44.0. The van der Waals surface area contributed by atoms with Crippen molar-refractivity contribution in [2.45, 2.75) is 246 Å². The van der Waals surface area contributed by atoms with Gasteiger partial charge in [0.2, 0.25) is 0 Å². The minimum Gasteiger partial charge on any atom is -0.387 e. The molecule has 31 rings (SSSR count). The fourth-order valence-electron chi connectivity index (χ4n) is 12.1. The molecule has 0 aromatic heterocycles. The zero-order chi connectivity index (χ0) is 62.8. The second-order valence-corrected chi connectivity index (χ2v) is 24.5. The first-order chi connectivity index (χ1) is 41.5. The van der Waals surface area contributed by atoms with Crippen LogP contribution in [0.25, 0.3) is 0 Å². The van der Waals surface area contributed by atoms with Gasteiger partial charge in [0.1, 0.15) is 195 Å². The second kappa shape index (κ2) is 30.0. The van der Waals surface area contributed by atoms with Gasteiger partial charge < -0.3 is 157 Å². The van der Waals surface area contributed by atoms with Crippen LogP contribution in [0.1, 0.15) is 0 Å². The van der Waals surface area contributed by atoms with E-state index < -0.39 is 287 Å². The van der Waals surface area contributed by atoms with E-state index in [0.29, 0.717) is 0 Å². The molecule has 31 aliphatic rings. The second-order valence-electron chi connectivity index (χ2n) is 22.4. The molecular weight excluding hydrogens is 1340 g/mol. The third kappa shape index (κ3) is 13.9. The number of aliphatic hydroxyl groups excluding tert-OH is 15. The molecule has 0 aliphatic carbocycles. The lowest BCUT2D eigenvalue weighted by atomic mass is 9.95. The molecule has 0 unspecified atom stereocenters. The molecule has 504 valence electrons. The van der Waals surface area contributed by atoms with Gasteiger partial charge in [0.25, 0.3) is 0 Å². The summed E-state index contributed by atoms with van der Waals surface area (Å²) in [5.41, 5.74) is 0. The summed E-state index contributed by atoms with van der Waals surface area (Å²) in [4.78, 5) is 0. The molecule has 40 atom stereocenters. The Morgan fingerprint density at radius 1 is 0.195 bits per heavy atom. The normalized spacial score (nSPS) is 56.3. The van der Waals surface area contributed by atoms with E-state index in [0.717, 1.165) is 0 Å². The molecule has 0 aromatic rings. The van der Waals surface area contributed by atoms with Crippen LogP contribution < -0.4 is 0 Å². The average molecular weight is 1410 g/mol. The molecule has 0 spiro atoms. The van der Waals surface area contributed by atoms with E-state index in [4.69, 9.17) is 162 Å². The molecule has 31 saturated heterocycles. The van der Waals surface area contributed by atoms with Gasteiger partial charge in [0.05, 0.1) is 47.8 Å². The van der Waals surface area contributed by atoms with Gasteiger partial charge in [-0.05, 0) is 0 Å². The summed E-state index contributed by atoms with van der Waals surface area (Å²) in [6.45, 7) is -0.239. The van der Waals surface area contributed by atoms with Crippen molar-refractivity contribution in [3.05, 3.63) is 0 Å². The number of hydrogen-bond donors (Lipinski definition) is 15. The molecule has 15 N–H and O–H groups in total. The highest BCUT2D eigenvalue weighted by atomic mass is 35.5. The van der Waals surface area contributed by atoms with Crippen molar-refractivity contribution in [3.8, 4) is 0 Å². The van der Waals surface area contributed by atoms with Crippen LogP contribution in [-0.2, 0) is 80.5 Å². The summed E-state index contributed by atoms with van der Waals surface area (Å²) in [6.07, 6.45) is -69.9. The third-order valence-corrected chi connectivity index (χ3v) is 19.1. The van der Waals surface area contributed by atoms with Crippen LogP contribution in [0.15, 0.2) is 0 Å². The van der Waals surface area contributed by atoms with Gasteiger partial charge in [-0.1, -0.05) is 0 Å². The minimum absolute atomic E-state index is 0.239. The topological polar surface area (TPSA) is 460 Å². The van der Waals surface area contributed by atoms with Crippen LogP contribution in [0, 0.1) is 0 Å². The summed E-state index contributed by atoms with van der Waals surface area (Å²) < 4.78 is 101. The van der Waals surface area contributed by atoms with Gasteiger partial charge in [-0.3, -0.25) is 0 Å². The first kappa shape index (κ1) is 70.5. The van der Waals surface area contributed by atoms with Gasteiger partial charge in [-0.25, -0.2) is 0 Å². The lowest BCUT2D eigenvalue weighted by Gasteiger charge is -2.50. The maximum absolute atomic E-state index is 11.6. The van der Waals surface area contributed by atoms with E-state index in [1.165, 1.54) is 0 Å². The Morgan fingerprint density at radius 3 is 0.552 bits per heavy atom. The van der Waals surface area contributed by atoms with Crippen molar-refractivity contribution < 1.29 is 157 Å². The Morgan fingerprint density at radius 2 is 0.368 bits per heavy atom. The fourth-order valence-corrected chi connectivity index (χ4v) is 13.9. The van der Waals surface area contributed by atoms with Gasteiger partial charge >= 0.3 is 0 Å². The molecule has 0 amide bonds. The fraction of sp³-hybridized carbons (Fsp3) is 1.00. The molecular formula is C48H71Cl7O32. The van der Waals surface area contributed by atoms with Gasteiger partial charge in [-0.2, -0.15) is 0 Å². The van der Waals surface area contributed by atoms with Crippen molar-refractivity contribution in [3.63, 3.8) is 0 Å². The monoisotopic (exact) mass is 1400 g/mol. The predicted octanol–water partition coefficient (Wildman–Crippen LogP) is -7.64. The number of ether oxygens (including phenoxy) is 17. The number of hydrogen-bond acceptors (Lipinski definition) is 32. The van der Waals surface area contributed by atoms with E-state index in [-0.39, 0.29) is 6.61 Å². The highest BCUT2D eigenvalue weighted by Gasteiger charge is 2.61. The van der Waals surface area contributed by atoms with Crippen molar-refractivity contribution in [1.82, 2.24) is 0 Å². The zero-order valence-electron chi connectivity index (χ0n) is 45.0. The van der Waals surface area contributed by atoms with E-state index in [9.17, 15) is 76.6 Å². The van der Waals surface area contributed by atoms with Gasteiger partial charge in [0, 0.05) is 0 Å². The van der Waals surface area contributed by atoms with Crippen LogP contribution in [0.2, 0.25) is 0 Å². The summed E-state index contributed by atoms with van der Waals surface area (Å²) in [5.74, 6) is -3.46. The Kier molecular flexibility index (Phi) is 24.3. The van der Waals surface area contributed by atoms with E-state index >= 15 is 0 Å². The number of halogens is 7. The molecule has 18 bridgehead atoms. The van der Waals surface area contributed by atoms with Crippen LogP contribution in [0.3, 0.4) is 0 Å². The molecule has 32 nitrogen and oxygen atoms in total. The maximum atomic E-state index is 11.6. The molecule has 31 fully saturated rings. The smallest absolute Gasteiger partial charge is 0.187 e. The van der Waals surface area contributed by atoms with Crippen molar-refractivity contribution in [2.75, 3.05) is 47.8 Å². The number of alkyl halides is 7. The summed E-state index contributed by atoms with van der Waals surface area (Å²) in [7, 11) is 0. The van der Waals surface area contributed by atoms with Crippen molar-refractivity contribution in [1.29, 1.82) is 0 Å². The van der Waals surface area contributed by atoms with Crippen molar-refractivity contribution in [2.24, 2.45) is 0 Å². The van der Waals surface area contributed by atoms with Crippen molar-refractivity contribution >= 4 is 81.2 Å². The average Bonchev–Trinajstić information content (AvgIpc) is 2.07. The van der Waals surface area contributed by atoms with E-state index in [1.807, 2.05) is 0 Å². The van der Waals surface area contributed by atoms with E-state index in [1.54, 1.807) is 0 Å². The molecule has 39 heteroatoms. The molecule has 31 aliphatic heterocycles. The lowest BCUT2D eigenvalue weighted by molar-refractivity contribution is -0.394. The molecule has 87 heavy (non-hydrogen) atoms. The maximum Gasteiger partial charge on any atom is 0.187 e.